The standard InChI is InChI=1S/C18H27N3O6/c1-18(2)26-13-12(10-22)25-16(14(13)27-18)20-8-11(15(23)19-17(20)24)9-21(3)6-4-5-7-21/h8,12-14,16,22H,4-7,9-10H2,1-3H3/p+1/t12-,13?,14+,16-/m1/s1. The highest BCUT2D eigenvalue weighted by atomic mass is 16.8. The fourth-order valence-electron chi connectivity index (χ4n) is 4.53. The van der Waals surface area contributed by atoms with Crippen LogP contribution in [0.3, 0.4) is 0 Å². The van der Waals surface area contributed by atoms with Gasteiger partial charge in [-0.3, -0.25) is 14.3 Å². The van der Waals surface area contributed by atoms with Gasteiger partial charge < -0.3 is 23.8 Å². The lowest BCUT2D eigenvalue weighted by Crippen LogP contribution is -2.44. The molecular weight excluding hydrogens is 354 g/mol. The summed E-state index contributed by atoms with van der Waals surface area (Å²) in [6.07, 6.45) is 1.50. The molecule has 1 unspecified atom stereocenters. The summed E-state index contributed by atoms with van der Waals surface area (Å²) in [6, 6.07) is 0. The maximum atomic E-state index is 12.5. The summed E-state index contributed by atoms with van der Waals surface area (Å²) in [5.41, 5.74) is -0.368. The molecule has 0 aromatic carbocycles. The third kappa shape index (κ3) is 3.38. The van der Waals surface area contributed by atoms with E-state index in [1.54, 1.807) is 20.0 Å². The molecule has 1 aromatic heterocycles. The second kappa shape index (κ2) is 6.52. The van der Waals surface area contributed by atoms with Crippen molar-refractivity contribution in [2.24, 2.45) is 0 Å². The minimum absolute atomic E-state index is 0.239. The first-order valence-electron chi connectivity index (χ1n) is 9.51. The van der Waals surface area contributed by atoms with Crippen molar-refractivity contribution in [3.63, 3.8) is 0 Å². The highest BCUT2D eigenvalue weighted by Gasteiger charge is 2.56. The van der Waals surface area contributed by atoms with Crippen LogP contribution in [0.4, 0.5) is 0 Å². The second-order valence-electron chi connectivity index (χ2n) is 8.57. The van der Waals surface area contributed by atoms with Crippen LogP contribution in [0.15, 0.2) is 15.8 Å². The van der Waals surface area contributed by atoms with E-state index < -0.39 is 36.0 Å². The molecule has 0 aliphatic carbocycles. The molecule has 1 aromatic rings. The van der Waals surface area contributed by atoms with Gasteiger partial charge in [-0.15, -0.1) is 0 Å². The Balaban J connectivity index is 1.68. The number of aliphatic hydroxyl groups excluding tert-OH is 1. The largest absolute Gasteiger partial charge is 0.394 e. The molecule has 3 aliphatic rings. The molecule has 3 saturated heterocycles. The summed E-state index contributed by atoms with van der Waals surface area (Å²) in [5, 5.41) is 9.63. The van der Waals surface area contributed by atoms with Crippen molar-refractivity contribution >= 4 is 0 Å². The molecule has 0 spiro atoms. The number of ether oxygens (including phenoxy) is 3. The number of rotatable bonds is 4. The molecule has 0 radical (unpaired) electrons. The third-order valence-electron chi connectivity index (χ3n) is 5.82. The Morgan fingerprint density at radius 3 is 2.59 bits per heavy atom. The van der Waals surface area contributed by atoms with Crippen LogP contribution in [0.25, 0.3) is 0 Å². The molecule has 3 aliphatic heterocycles. The first-order valence-corrected chi connectivity index (χ1v) is 9.51. The van der Waals surface area contributed by atoms with E-state index in [0.29, 0.717) is 12.1 Å². The van der Waals surface area contributed by atoms with Crippen LogP contribution in [-0.2, 0) is 20.8 Å². The van der Waals surface area contributed by atoms with Crippen molar-refractivity contribution in [1.82, 2.24) is 9.55 Å². The number of aromatic amines is 1. The summed E-state index contributed by atoms with van der Waals surface area (Å²) >= 11 is 0. The van der Waals surface area contributed by atoms with Gasteiger partial charge in [-0.1, -0.05) is 0 Å². The molecule has 2 N–H and O–H groups in total. The molecule has 4 atom stereocenters. The zero-order chi connectivity index (χ0) is 19.4. The number of likely N-dealkylation sites (tertiary alicyclic amines) is 1. The Hall–Kier alpha value is -1.52. The molecule has 9 heteroatoms. The Morgan fingerprint density at radius 2 is 1.93 bits per heavy atom. The molecule has 9 nitrogen and oxygen atoms in total. The van der Waals surface area contributed by atoms with Gasteiger partial charge in [0.05, 0.1) is 32.3 Å². The average molecular weight is 382 g/mol. The molecule has 0 amide bonds. The summed E-state index contributed by atoms with van der Waals surface area (Å²) in [6.45, 7) is 5.92. The molecule has 4 rings (SSSR count). The highest BCUT2D eigenvalue weighted by Crippen LogP contribution is 2.42. The predicted molar refractivity (Wildman–Crippen MR) is 95.0 cm³/mol. The van der Waals surface area contributed by atoms with Crippen LogP contribution in [0.2, 0.25) is 0 Å². The van der Waals surface area contributed by atoms with Gasteiger partial charge in [-0.2, -0.15) is 0 Å². The van der Waals surface area contributed by atoms with Crippen LogP contribution < -0.4 is 11.2 Å². The number of aliphatic hydroxyl groups is 1. The van der Waals surface area contributed by atoms with E-state index in [-0.39, 0.29) is 12.2 Å². The van der Waals surface area contributed by atoms with Gasteiger partial charge in [0, 0.05) is 19.0 Å². The van der Waals surface area contributed by atoms with Crippen LogP contribution >= 0.6 is 0 Å². The fraction of sp³-hybridized carbons (Fsp3) is 0.778. The van der Waals surface area contributed by atoms with E-state index >= 15 is 0 Å². The van der Waals surface area contributed by atoms with E-state index in [1.807, 2.05) is 0 Å². The van der Waals surface area contributed by atoms with E-state index in [0.717, 1.165) is 30.4 Å². The highest BCUT2D eigenvalue weighted by molar-refractivity contribution is 5.06. The zero-order valence-electron chi connectivity index (χ0n) is 16.0. The lowest BCUT2D eigenvalue weighted by atomic mass is 10.1. The van der Waals surface area contributed by atoms with E-state index in [2.05, 4.69) is 12.0 Å². The van der Waals surface area contributed by atoms with Gasteiger partial charge >= 0.3 is 5.69 Å². The lowest BCUT2D eigenvalue weighted by Gasteiger charge is -2.29. The summed E-state index contributed by atoms with van der Waals surface area (Å²) in [5.74, 6) is -0.826. The number of nitrogens with zero attached hydrogens (tertiary/aromatic N) is 2. The molecule has 150 valence electrons. The fourth-order valence-corrected chi connectivity index (χ4v) is 4.53. The Morgan fingerprint density at radius 1 is 1.26 bits per heavy atom. The molecule has 3 fully saturated rings. The monoisotopic (exact) mass is 382 g/mol. The number of aromatic nitrogens is 2. The molecule has 27 heavy (non-hydrogen) atoms. The van der Waals surface area contributed by atoms with Crippen LogP contribution in [0.1, 0.15) is 38.5 Å². The van der Waals surface area contributed by atoms with Crippen molar-refractivity contribution in [1.29, 1.82) is 0 Å². The van der Waals surface area contributed by atoms with E-state index in [9.17, 15) is 14.7 Å². The molecular formula is C18H28N3O6+. The minimum atomic E-state index is -0.826. The summed E-state index contributed by atoms with van der Waals surface area (Å²) < 4.78 is 19.8. The normalized spacial score (nSPS) is 34.1. The average Bonchev–Trinajstić information content (AvgIpc) is 3.23. The Kier molecular flexibility index (Phi) is 4.55. The van der Waals surface area contributed by atoms with E-state index in [4.69, 9.17) is 14.2 Å². The maximum absolute atomic E-state index is 12.5. The zero-order valence-corrected chi connectivity index (χ0v) is 16.0. The number of fused-ring (bicyclic) bond motifs is 1. The predicted octanol–water partition coefficient (Wildman–Crippen LogP) is -0.313. The topological polar surface area (TPSA) is 103 Å². The van der Waals surface area contributed by atoms with Gasteiger partial charge in [0.25, 0.3) is 5.56 Å². The minimum Gasteiger partial charge on any atom is -0.394 e. The van der Waals surface area contributed by atoms with Crippen molar-refractivity contribution in [3.05, 3.63) is 32.6 Å². The summed E-state index contributed by atoms with van der Waals surface area (Å²) in [4.78, 5) is 27.3. The second-order valence-corrected chi connectivity index (χ2v) is 8.57. The van der Waals surface area contributed by atoms with Gasteiger partial charge in [-0.05, 0) is 13.8 Å². The third-order valence-corrected chi connectivity index (χ3v) is 5.82. The Labute approximate surface area is 157 Å². The number of hydrogen-bond donors (Lipinski definition) is 2. The lowest BCUT2D eigenvalue weighted by molar-refractivity contribution is -0.911. The Bertz CT molecular complexity index is 825. The van der Waals surface area contributed by atoms with Crippen molar-refractivity contribution < 1.29 is 23.8 Å². The van der Waals surface area contributed by atoms with E-state index in [1.165, 1.54) is 4.57 Å². The SMILES string of the molecule is CC1(C)OC2[C@@H](CO)O[C@@H](n3cc(C[N+]4(C)CCCC4)c(=O)[nH]c3=O)[C@H]2O1. The molecule has 0 bridgehead atoms. The molecule has 0 saturated carbocycles. The number of H-pyrrole nitrogens is 1. The van der Waals surface area contributed by atoms with Crippen LogP contribution in [0, 0.1) is 0 Å². The number of quaternary nitrogens is 1. The first-order chi connectivity index (χ1) is 12.7. The first kappa shape index (κ1) is 18.8. The number of hydrogen-bond acceptors (Lipinski definition) is 6. The van der Waals surface area contributed by atoms with Gasteiger partial charge in [0.2, 0.25) is 0 Å². The van der Waals surface area contributed by atoms with Gasteiger partial charge in [0.15, 0.2) is 12.0 Å². The maximum Gasteiger partial charge on any atom is 0.330 e. The molecule has 4 heterocycles. The van der Waals surface area contributed by atoms with Crippen molar-refractivity contribution in [2.45, 2.75) is 63.6 Å². The van der Waals surface area contributed by atoms with Crippen molar-refractivity contribution in [2.75, 3.05) is 26.7 Å². The van der Waals surface area contributed by atoms with Gasteiger partial charge in [0.1, 0.15) is 24.9 Å². The summed E-state index contributed by atoms with van der Waals surface area (Å²) in [7, 11) is 2.13. The quantitative estimate of drug-likeness (QED) is 0.693. The van der Waals surface area contributed by atoms with Crippen LogP contribution in [-0.4, -0.2) is 70.0 Å². The number of nitrogens with one attached hydrogen (secondary N) is 1. The van der Waals surface area contributed by atoms with Crippen LogP contribution in [0.5, 0.6) is 0 Å². The smallest absolute Gasteiger partial charge is 0.330 e. The van der Waals surface area contributed by atoms with Crippen molar-refractivity contribution in [3.8, 4) is 0 Å². The van der Waals surface area contributed by atoms with Gasteiger partial charge in [-0.25, -0.2) is 4.79 Å².